The molecule has 3 rings (SSSR count). The van der Waals surface area contributed by atoms with Crippen LogP contribution >= 0.6 is 11.6 Å². The van der Waals surface area contributed by atoms with E-state index in [4.69, 9.17) is 25.8 Å². The van der Waals surface area contributed by atoms with Crippen molar-refractivity contribution < 1.29 is 28.6 Å². The maximum atomic E-state index is 13.6. The van der Waals surface area contributed by atoms with Crippen LogP contribution in [0.5, 0.6) is 0 Å². The third kappa shape index (κ3) is 4.74. The van der Waals surface area contributed by atoms with E-state index in [1.165, 1.54) is 7.11 Å². The second-order valence-corrected chi connectivity index (χ2v) is 8.36. The second-order valence-electron chi connectivity index (χ2n) is 7.92. The highest BCUT2D eigenvalue weighted by atomic mass is 35.5. The highest BCUT2D eigenvalue weighted by molar-refractivity contribution is 6.30. The summed E-state index contributed by atoms with van der Waals surface area (Å²) < 4.78 is 15.6. The highest BCUT2D eigenvalue weighted by Crippen LogP contribution is 2.45. The first-order valence-electron chi connectivity index (χ1n) is 10.6. The number of nitrogens with one attached hydrogen (secondary N) is 1. The summed E-state index contributed by atoms with van der Waals surface area (Å²) in [5.74, 6) is -3.30. The third-order valence-corrected chi connectivity index (χ3v) is 6.08. The van der Waals surface area contributed by atoms with Gasteiger partial charge in [0, 0.05) is 34.5 Å². The summed E-state index contributed by atoms with van der Waals surface area (Å²) in [7, 11) is 1.27. The monoisotopic (exact) mass is 461 g/mol. The van der Waals surface area contributed by atoms with Crippen molar-refractivity contribution in [2.24, 2.45) is 11.8 Å². The Hall–Kier alpha value is -2.64. The van der Waals surface area contributed by atoms with E-state index in [2.05, 4.69) is 5.32 Å². The number of carbonyl (C=O) groups excluding carboxylic acids is 3. The van der Waals surface area contributed by atoms with Gasteiger partial charge in [0.2, 0.25) is 0 Å². The van der Waals surface area contributed by atoms with Gasteiger partial charge < -0.3 is 19.5 Å². The third-order valence-electron chi connectivity index (χ3n) is 5.83. The minimum atomic E-state index is -0.927. The molecule has 1 heterocycles. The van der Waals surface area contributed by atoms with Crippen LogP contribution in [0, 0.1) is 11.8 Å². The Labute approximate surface area is 192 Å². The quantitative estimate of drug-likeness (QED) is 0.377. The zero-order valence-electron chi connectivity index (χ0n) is 18.7. The van der Waals surface area contributed by atoms with Crippen LogP contribution in [0.4, 0.5) is 0 Å². The van der Waals surface area contributed by atoms with Crippen molar-refractivity contribution in [3.05, 3.63) is 57.4 Å². The molecule has 1 aliphatic heterocycles. The molecule has 0 radical (unpaired) electrons. The number of halogens is 1. The van der Waals surface area contributed by atoms with E-state index in [-0.39, 0.29) is 24.9 Å². The molecule has 0 saturated carbocycles. The second kappa shape index (κ2) is 10.3. The number of hydrogen-bond donors (Lipinski definition) is 1. The minimum absolute atomic E-state index is 0.0957. The number of benzene rings is 1. The lowest BCUT2D eigenvalue weighted by Crippen LogP contribution is -2.43. The normalized spacial score (nSPS) is 22.9. The average molecular weight is 462 g/mol. The van der Waals surface area contributed by atoms with Gasteiger partial charge >= 0.3 is 11.9 Å². The van der Waals surface area contributed by atoms with Gasteiger partial charge in [-0.15, -0.1) is 0 Å². The lowest BCUT2D eigenvalue weighted by Gasteiger charge is -2.38. The molecule has 0 fully saturated rings. The molecule has 32 heavy (non-hydrogen) atoms. The molecule has 1 aliphatic carbocycles. The van der Waals surface area contributed by atoms with Gasteiger partial charge in [0.05, 0.1) is 19.3 Å². The van der Waals surface area contributed by atoms with E-state index >= 15 is 0 Å². The van der Waals surface area contributed by atoms with Gasteiger partial charge in [0.15, 0.2) is 5.78 Å². The Kier molecular flexibility index (Phi) is 7.74. The van der Waals surface area contributed by atoms with Gasteiger partial charge in [0.1, 0.15) is 12.5 Å². The molecule has 2 aliphatic rings. The smallest absolute Gasteiger partial charge is 0.336 e. The molecule has 8 heteroatoms. The lowest BCUT2D eigenvalue weighted by atomic mass is 9.69. The van der Waals surface area contributed by atoms with Crippen molar-refractivity contribution in [2.45, 2.75) is 33.1 Å². The van der Waals surface area contributed by atoms with E-state index < -0.39 is 23.8 Å². The summed E-state index contributed by atoms with van der Waals surface area (Å²) in [6.45, 7) is 6.39. The largest absolute Gasteiger partial charge is 0.468 e. The minimum Gasteiger partial charge on any atom is -0.468 e. The van der Waals surface area contributed by atoms with Crippen LogP contribution in [0.25, 0.3) is 0 Å². The number of Topliss-reactive ketones (excluding diaryl/α,β-unsaturated/α-hetero) is 1. The Balaban J connectivity index is 2.06. The summed E-state index contributed by atoms with van der Waals surface area (Å²) in [6, 6.07) is 6.98. The van der Waals surface area contributed by atoms with Gasteiger partial charge in [-0.3, -0.25) is 9.59 Å². The molecule has 1 aromatic rings. The Morgan fingerprint density at radius 1 is 1.19 bits per heavy atom. The Bertz CT molecular complexity index is 965. The van der Waals surface area contributed by atoms with Gasteiger partial charge in [-0.05, 0) is 43.9 Å². The zero-order valence-corrected chi connectivity index (χ0v) is 19.5. The molecule has 7 nitrogen and oxygen atoms in total. The molecule has 0 unspecified atom stereocenters. The predicted octanol–water partition coefficient (Wildman–Crippen LogP) is 3.53. The Morgan fingerprint density at radius 2 is 1.88 bits per heavy atom. The van der Waals surface area contributed by atoms with E-state index in [1.807, 2.05) is 13.8 Å². The fourth-order valence-corrected chi connectivity index (χ4v) is 4.48. The summed E-state index contributed by atoms with van der Waals surface area (Å²) >= 11 is 6.08. The molecular weight excluding hydrogens is 434 g/mol. The van der Waals surface area contributed by atoms with Crippen LogP contribution in [0.15, 0.2) is 46.8 Å². The Morgan fingerprint density at radius 3 is 2.50 bits per heavy atom. The summed E-state index contributed by atoms with van der Waals surface area (Å²) in [5.41, 5.74) is 2.76. The summed E-state index contributed by atoms with van der Waals surface area (Å²) in [5, 5.41) is 3.76. The van der Waals surface area contributed by atoms with Crippen molar-refractivity contribution in [1.82, 2.24) is 5.32 Å². The fourth-order valence-electron chi connectivity index (χ4n) is 4.36. The topological polar surface area (TPSA) is 90.9 Å². The van der Waals surface area contributed by atoms with Gasteiger partial charge in [-0.25, -0.2) is 4.79 Å². The van der Waals surface area contributed by atoms with Gasteiger partial charge in [0.25, 0.3) is 0 Å². The molecular formula is C24H28ClNO6. The summed E-state index contributed by atoms with van der Waals surface area (Å²) in [4.78, 5) is 39.1. The SMILES string of the molecule is CCOCCOC(=O)C1=C(C)NC2=C(C(=O)[C@H](C(=O)OC)[C@@H](C)C2)[C@H]1c1ccc(Cl)cc1. The molecule has 0 saturated heterocycles. The van der Waals surface area contributed by atoms with E-state index in [0.29, 0.717) is 46.2 Å². The fraction of sp³-hybridized carbons (Fsp3) is 0.458. The molecule has 172 valence electrons. The number of ether oxygens (including phenoxy) is 3. The number of ketones is 1. The maximum absolute atomic E-state index is 13.6. The van der Waals surface area contributed by atoms with Crippen molar-refractivity contribution in [3.63, 3.8) is 0 Å². The number of carbonyl (C=O) groups is 3. The lowest BCUT2D eigenvalue weighted by molar-refractivity contribution is -0.151. The van der Waals surface area contributed by atoms with Crippen LogP contribution < -0.4 is 5.32 Å². The van der Waals surface area contributed by atoms with Crippen LogP contribution in [-0.4, -0.2) is 44.7 Å². The van der Waals surface area contributed by atoms with Crippen LogP contribution in [-0.2, 0) is 28.6 Å². The first-order valence-corrected chi connectivity index (χ1v) is 11.0. The van der Waals surface area contributed by atoms with Gasteiger partial charge in [-0.2, -0.15) is 0 Å². The number of allylic oxidation sites excluding steroid dienone is 3. The van der Waals surface area contributed by atoms with E-state index in [0.717, 1.165) is 0 Å². The van der Waals surface area contributed by atoms with Crippen molar-refractivity contribution in [3.8, 4) is 0 Å². The summed E-state index contributed by atoms with van der Waals surface area (Å²) in [6.07, 6.45) is 0.481. The number of rotatable bonds is 7. The van der Waals surface area contributed by atoms with Gasteiger partial charge in [-0.1, -0.05) is 30.7 Å². The first-order chi connectivity index (χ1) is 15.3. The zero-order chi connectivity index (χ0) is 23.4. The van der Waals surface area contributed by atoms with E-state index in [1.54, 1.807) is 31.2 Å². The number of dihydropyridines is 1. The molecule has 0 bridgehead atoms. The number of esters is 2. The molecule has 1 N–H and O–H groups in total. The highest BCUT2D eigenvalue weighted by Gasteiger charge is 2.47. The van der Waals surface area contributed by atoms with E-state index in [9.17, 15) is 14.4 Å². The maximum Gasteiger partial charge on any atom is 0.336 e. The number of hydrogen-bond acceptors (Lipinski definition) is 7. The molecule has 3 atom stereocenters. The standard InChI is InChI=1S/C24H28ClNO6/c1-5-31-10-11-32-24(29)19-14(3)26-17-12-13(2)18(23(28)30-4)22(27)21(17)20(19)15-6-8-16(25)9-7-15/h6-9,13,18,20,26H,5,10-12H2,1-4H3/t13-,18+,20-/m0/s1. The van der Waals surface area contributed by atoms with Crippen molar-refractivity contribution in [2.75, 3.05) is 26.9 Å². The molecule has 0 amide bonds. The molecule has 0 spiro atoms. The van der Waals surface area contributed by atoms with Crippen LogP contribution in [0.1, 0.15) is 38.7 Å². The number of methoxy groups -OCH3 is 1. The van der Waals surface area contributed by atoms with Crippen LogP contribution in [0.3, 0.4) is 0 Å². The average Bonchev–Trinajstić information content (AvgIpc) is 2.76. The molecule has 0 aromatic heterocycles. The van der Waals surface area contributed by atoms with Crippen molar-refractivity contribution >= 4 is 29.3 Å². The first kappa shape index (κ1) is 24.0. The van der Waals surface area contributed by atoms with Crippen molar-refractivity contribution in [1.29, 1.82) is 0 Å². The molecule has 1 aromatic carbocycles. The van der Waals surface area contributed by atoms with Crippen LogP contribution in [0.2, 0.25) is 5.02 Å². The predicted molar refractivity (Wildman–Crippen MR) is 119 cm³/mol.